The van der Waals surface area contributed by atoms with E-state index in [1.807, 2.05) is 0 Å². The number of nitrogens with one attached hydrogen (secondary N) is 1. The number of hydrogen-bond acceptors (Lipinski definition) is 3. The molecule has 0 aliphatic heterocycles. The van der Waals surface area contributed by atoms with Crippen molar-refractivity contribution < 1.29 is 33.8 Å². The molecule has 0 radical (unpaired) electrons. The smallest absolute Gasteiger partial charge is 0.340 e. The minimum atomic E-state index is -4.99. The molecule has 8 nitrogen and oxygen atoms in total. The summed E-state index contributed by atoms with van der Waals surface area (Å²) in [7, 11) is -9.98. The third-order valence-corrected chi connectivity index (χ3v) is 5.97. The molecule has 1 rings (SSSR count). The van der Waals surface area contributed by atoms with E-state index in [4.69, 9.17) is 19.6 Å². The van der Waals surface area contributed by atoms with Crippen molar-refractivity contribution in [2.75, 3.05) is 0 Å². The van der Waals surface area contributed by atoms with Gasteiger partial charge in [-0.25, -0.2) is 0 Å². The van der Waals surface area contributed by atoms with Gasteiger partial charge in [0.05, 0.1) is 6.10 Å². The standard InChI is InChI=1S/C7H13NO7P2/c9-6(5-2-1-3-8-5)4-7(16(10,11)12)17(13,14)15/h1-3,6-9H,4H2,(H2,10,11,12)(H2,13,14,15). The van der Waals surface area contributed by atoms with E-state index in [9.17, 15) is 14.2 Å². The monoisotopic (exact) mass is 285 g/mol. The van der Waals surface area contributed by atoms with Crippen LogP contribution in [0.5, 0.6) is 0 Å². The minimum absolute atomic E-state index is 0.233. The summed E-state index contributed by atoms with van der Waals surface area (Å²) < 4.78 is 21.9. The molecule has 0 saturated carbocycles. The van der Waals surface area contributed by atoms with E-state index in [1.165, 1.54) is 12.3 Å². The maximum atomic E-state index is 11.0. The highest BCUT2D eigenvalue weighted by Gasteiger charge is 2.44. The maximum Gasteiger partial charge on any atom is 0.340 e. The molecule has 1 atom stereocenters. The molecule has 1 heterocycles. The predicted molar refractivity (Wildman–Crippen MR) is 58.2 cm³/mol. The number of rotatable bonds is 5. The molecule has 0 spiro atoms. The van der Waals surface area contributed by atoms with E-state index >= 15 is 0 Å². The second-order valence-electron chi connectivity index (χ2n) is 3.54. The lowest BCUT2D eigenvalue weighted by Crippen LogP contribution is -2.14. The lowest BCUT2D eigenvalue weighted by atomic mass is 10.2. The van der Waals surface area contributed by atoms with E-state index in [1.54, 1.807) is 6.07 Å². The molecule has 17 heavy (non-hydrogen) atoms. The third kappa shape index (κ3) is 4.04. The summed E-state index contributed by atoms with van der Waals surface area (Å²) in [6, 6.07) is 2.99. The lowest BCUT2D eigenvalue weighted by molar-refractivity contribution is 0.161. The molecule has 0 bridgehead atoms. The van der Waals surface area contributed by atoms with Crippen LogP contribution in [0.1, 0.15) is 18.2 Å². The van der Waals surface area contributed by atoms with Crippen LogP contribution in [0.25, 0.3) is 0 Å². The summed E-state index contributed by atoms with van der Waals surface area (Å²) in [4.78, 5) is 38.0. The second kappa shape index (κ2) is 5.04. The van der Waals surface area contributed by atoms with Crippen LogP contribution in [-0.4, -0.2) is 35.1 Å². The summed E-state index contributed by atoms with van der Waals surface area (Å²) in [5.41, 5.74) is 0.233. The van der Waals surface area contributed by atoms with Crippen molar-refractivity contribution in [1.82, 2.24) is 4.98 Å². The van der Waals surface area contributed by atoms with E-state index in [0.717, 1.165) is 0 Å². The molecule has 0 aliphatic carbocycles. The maximum absolute atomic E-state index is 11.0. The Kier molecular flexibility index (Phi) is 4.33. The van der Waals surface area contributed by atoms with Crippen LogP contribution in [0.4, 0.5) is 0 Å². The number of aliphatic hydroxyl groups is 1. The van der Waals surface area contributed by atoms with Crippen LogP contribution in [0.3, 0.4) is 0 Å². The Morgan fingerprint density at radius 3 is 2.06 bits per heavy atom. The Morgan fingerprint density at radius 1 is 1.18 bits per heavy atom. The van der Waals surface area contributed by atoms with Gasteiger partial charge in [-0.2, -0.15) is 0 Å². The Hall–Kier alpha value is -0.460. The molecular weight excluding hydrogens is 272 g/mol. The van der Waals surface area contributed by atoms with Crippen molar-refractivity contribution in [3.63, 3.8) is 0 Å². The van der Waals surface area contributed by atoms with E-state index in [-0.39, 0.29) is 5.69 Å². The van der Waals surface area contributed by atoms with E-state index in [0.29, 0.717) is 0 Å². The zero-order valence-corrected chi connectivity index (χ0v) is 10.3. The van der Waals surface area contributed by atoms with Gasteiger partial charge in [0.1, 0.15) is 0 Å². The number of aliphatic hydroxyl groups excluding tert-OH is 1. The highest BCUT2D eigenvalue weighted by Crippen LogP contribution is 2.62. The average Bonchev–Trinajstić information content (AvgIpc) is 2.62. The molecule has 98 valence electrons. The van der Waals surface area contributed by atoms with Gasteiger partial charge in [-0.15, -0.1) is 0 Å². The molecule has 10 heteroatoms. The fourth-order valence-electron chi connectivity index (χ4n) is 1.35. The van der Waals surface area contributed by atoms with Crippen LogP contribution < -0.4 is 0 Å². The first-order chi connectivity index (χ1) is 7.62. The van der Waals surface area contributed by atoms with Gasteiger partial charge in [-0.3, -0.25) is 9.13 Å². The van der Waals surface area contributed by atoms with Crippen molar-refractivity contribution in [1.29, 1.82) is 0 Å². The van der Waals surface area contributed by atoms with Gasteiger partial charge in [0.2, 0.25) is 0 Å². The molecular formula is C7H13NO7P2. The Labute approximate surface area is 96.6 Å². The average molecular weight is 285 g/mol. The lowest BCUT2D eigenvalue weighted by Gasteiger charge is -2.21. The van der Waals surface area contributed by atoms with Gasteiger partial charge in [0, 0.05) is 18.3 Å². The van der Waals surface area contributed by atoms with Crippen molar-refractivity contribution >= 4 is 15.2 Å². The van der Waals surface area contributed by atoms with Crippen LogP contribution in [0.2, 0.25) is 0 Å². The SMILES string of the molecule is O=P(O)(O)C(CC(O)c1ccc[nH]1)P(=O)(O)O. The largest absolute Gasteiger partial charge is 0.387 e. The number of aromatic nitrogens is 1. The molecule has 1 unspecified atom stereocenters. The zero-order valence-electron chi connectivity index (χ0n) is 8.54. The van der Waals surface area contributed by atoms with Crippen LogP contribution in [-0.2, 0) is 9.13 Å². The highest BCUT2D eigenvalue weighted by molar-refractivity contribution is 7.70. The summed E-state index contributed by atoms with van der Waals surface area (Å²) in [6.07, 6.45) is -0.632. The molecule has 0 aromatic carbocycles. The van der Waals surface area contributed by atoms with Gasteiger partial charge >= 0.3 is 15.2 Å². The van der Waals surface area contributed by atoms with Gasteiger partial charge in [0.15, 0.2) is 5.40 Å². The number of aromatic amines is 1. The molecule has 1 aromatic rings. The number of hydrogen-bond donors (Lipinski definition) is 6. The summed E-state index contributed by atoms with van der Waals surface area (Å²) in [5.74, 6) is 0. The molecule has 0 aliphatic rings. The normalized spacial score (nSPS) is 15.2. The summed E-state index contributed by atoms with van der Waals surface area (Å²) in [5, 5.41) is 7.39. The second-order valence-corrected chi connectivity index (χ2v) is 7.55. The van der Waals surface area contributed by atoms with Gasteiger partial charge in [-0.1, -0.05) is 0 Å². The van der Waals surface area contributed by atoms with Crippen LogP contribution >= 0.6 is 15.2 Å². The topological polar surface area (TPSA) is 151 Å². The minimum Gasteiger partial charge on any atom is -0.387 e. The molecule has 0 saturated heterocycles. The Bertz CT molecular complexity index is 425. The van der Waals surface area contributed by atoms with Crippen molar-refractivity contribution in [2.45, 2.75) is 17.9 Å². The molecule has 1 aromatic heterocycles. The van der Waals surface area contributed by atoms with Gasteiger partial charge in [0.25, 0.3) is 0 Å². The Balaban J connectivity index is 2.89. The molecule has 0 amide bonds. The van der Waals surface area contributed by atoms with Crippen molar-refractivity contribution in [3.8, 4) is 0 Å². The summed E-state index contributed by atoms with van der Waals surface area (Å²) in [6.45, 7) is 0. The fraction of sp³-hybridized carbons (Fsp3) is 0.429. The van der Waals surface area contributed by atoms with Crippen molar-refractivity contribution in [3.05, 3.63) is 24.0 Å². The molecule has 0 fully saturated rings. The fourth-order valence-corrected chi connectivity index (χ4v) is 3.86. The van der Waals surface area contributed by atoms with Crippen molar-refractivity contribution in [2.24, 2.45) is 0 Å². The van der Waals surface area contributed by atoms with Gasteiger partial charge in [-0.05, 0) is 12.1 Å². The first-order valence-corrected chi connectivity index (χ1v) is 7.90. The summed E-state index contributed by atoms with van der Waals surface area (Å²) >= 11 is 0. The van der Waals surface area contributed by atoms with E-state index in [2.05, 4.69) is 4.98 Å². The number of H-pyrrole nitrogens is 1. The quantitative estimate of drug-likeness (QED) is 0.420. The zero-order chi connectivity index (χ0) is 13.3. The highest BCUT2D eigenvalue weighted by atomic mass is 31.2. The first kappa shape index (κ1) is 14.6. The van der Waals surface area contributed by atoms with Gasteiger partial charge < -0.3 is 29.7 Å². The van der Waals surface area contributed by atoms with E-state index < -0.39 is 33.1 Å². The van der Waals surface area contributed by atoms with Crippen LogP contribution in [0.15, 0.2) is 18.3 Å². The van der Waals surface area contributed by atoms with Crippen LogP contribution in [0, 0.1) is 0 Å². The predicted octanol–water partition coefficient (Wildman–Crippen LogP) is 0.120. The third-order valence-electron chi connectivity index (χ3n) is 2.19. The Morgan fingerprint density at radius 2 is 1.71 bits per heavy atom. The molecule has 6 N–H and O–H groups in total. The first-order valence-electron chi connectivity index (χ1n) is 4.54.